The lowest BCUT2D eigenvalue weighted by atomic mass is 10.1. The number of halogens is 1. The molecule has 0 atom stereocenters. The molecule has 0 fully saturated rings. The number of hydrogen-bond acceptors (Lipinski definition) is 1. The fourth-order valence-electron chi connectivity index (χ4n) is 2.52. The average molecular weight is 399 g/mol. The maximum atomic E-state index is 2.42. The Morgan fingerprint density at radius 2 is 1.18 bits per heavy atom. The van der Waals surface area contributed by atoms with E-state index in [4.69, 9.17) is 0 Å². The minimum absolute atomic E-state index is 0.913. The number of rotatable bonds is 5. The van der Waals surface area contributed by atoms with Crippen LogP contribution < -0.4 is 4.90 Å². The Balaban J connectivity index is 1.88. The average Bonchev–Trinajstić information content (AvgIpc) is 2.56. The zero-order valence-electron chi connectivity index (χ0n) is 12.3. The fraction of sp³-hybridized carbons (Fsp3) is 0.100. The van der Waals surface area contributed by atoms with Crippen molar-refractivity contribution >= 4 is 28.3 Å². The van der Waals surface area contributed by atoms with Crippen molar-refractivity contribution < 1.29 is 0 Å². The SMILES string of the molecule is Ic1cccc(N(Cc2ccccc2)Cc2ccccc2)c1. The van der Waals surface area contributed by atoms with Crippen LogP contribution >= 0.6 is 22.6 Å². The quantitative estimate of drug-likeness (QED) is 0.513. The van der Waals surface area contributed by atoms with Crippen LogP contribution in [0.5, 0.6) is 0 Å². The van der Waals surface area contributed by atoms with Gasteiger partial charge in [-0.05, 0) is 51.9 Å². The zero-order valence-corrected chi connectivity index (χ0v) is 14.5. The van der Waals surface area contributed by atoms with E-state index >= 15 is 0 Å². The van der Waals surface area contributed by atoms with Crippen LogP contribution in [0.1, 0.15) is 11.1 Å². The van der Waals surface area contributed by atoms with Crippen LogP contribution in [-0.4, -0.2) is 0 Å². The molecular formula is C20H18IN. The van der Waals surface area contributed by atoms with E-state index in [0.29, 0.717) is 0 Å². The second-order valence-corrected chi connectivity index (χ2v) is 6.55. The number of hydrogen-bond donors (Lipinski definition) is 0. The summed E-state index contributed by atoms with van der Waals surface area (Å²) in [5.74, 6) is 0. The Labute approximate surface area is 145 Å². The van der Waals surface area contributed by atoms with Crippen LogP contribution in [0.15, 0.2) is 84.9 Å². The summed E-state index contributed by atoms with van der Waals surface area (Å²) >= 11 is 2.37. The van der Waals surface area contributed by atoms with Crippen LogP contribution in [0.3, 0.4) is 0 Å². The minimum atomic E-state index is 0.913. The first-order chi connectivity index (χ1) is 10.8. The first-order valence-corrected chi connectivity index (χ1v) is 8.47. The van der Waals surface area contributed by atoms with Crippen molar-refractivity contribution in [2.24, 2.45) is 0 Å². The van der Waals surface area contributed by atoms with Crippen LogP contribution in [0.25, 0.3) is 0 Å². The molecule has 110 valence electrons. The third-order valence-electron chi connectivity index (χ3n) is 3.61. The van der Waals surface area contributed by atoms with Crippen molar-refractivity contribution in [3.8, 4) is 0 Å². The molecular weight excluding hydrogens is 381 g/mol. The molecule has 0 heterocycles. The van der Waals surface area contributed by atoms with Crippen LogP contribution in [0.4, 0.5) is 5.69 Å². The molecule has 3 aromatic carbocycles. The summed E-state index contributed by atoms with van der Waals surface area (Å²) in [4.78, 5) is 2.42. The third kappa shape index (κ3) is 4.10. The molecule has 0 aliphatic heterocycles. The molecule has 0 spiro atoms. The maximum Gasteiger partial charge on any atom is 0.0433 e. The van der Waals surface area contributed by atoms with E-state index in [-0.39, 0.29) is 0 Å². The van der Waals surface area contributed by atoms with Crippen molar-refractivity contribution in [1.82, 2.24) is 0 Å². The third-order valence-corrected chi connectivity index (χ3v) is 4.28. The summed E-state index contributed by atoms with van der Waals surface area (Å²) in [5, 5.41) is 0. The predicted octanol–water partition coefficient (Wildman–Crippen LogP) is 5.50. The first kappa shape index (κ1) is 15.1. The largest absolute Gasteiger partial charge is 0.363 e. The monoisotopic (exact) mass is 399 g/mol. The van der Waals surface area contributed by atoms with Crippen molar-refractivity contribution in [2.45, 2.75) is 13.1 Å². The lowest BCUT2D eigenvalue weighted by Crippen LogP contribution is -2.22. The van der Waals surface area contributed by atoms with Crippen LogP contribution in [0, 0.1) is 3.57 Å². The van der Waals surface area contributed by atoms with Crippen LogP contribution in [-0.2, 0) is 13.1 Å². The Morgan fingerprint density at radius 3 is 1.68 bits per heavy atom. The summed E-state index contributed by atoms with van der Waals surface area (Å²) in [6.45, 7) is 1.83. The standard InChI is InChI=1S/C20H18IN/c21-19-12-7-13-20(14-19)22(15-17-8-3-1-4-9-17)16-18-10-5-2-6-11-18/h1-14H,15-16H2. The van der Waals surface area contributed by atoms with Crippen molar-refractivity contribution in [3.63, 3.8) is 0 Å². The van der Waals surface area contributed by atoms with Gasteiger partial charge in [-0.25, -0.2) is 0 Å². The van der Waals surface area contributed by atoms with E-state index in [1.54, 1.807) is 0 Å². The molecule has 0 unspecified atom stereocenters. The van der Waals surface area contributed by atoms with Gasteiger partial charge in [0.2, 0.25) is 0 Å². The van der Waals surface area contributed by atoms with E-state index in [1.807, 2.05) is 0 Å². The Morgan fingerprint density at radius 1 is 0.636 bits per heavy atom. The van der Waals surface area contributed by atoms with Gasteiger partial charge in [0, 0.05) is 22.3 Å². The lowest BCUT2D eigenvalue weighted by Gasteiger charge is -2.25. The summed E-state index contributed by atoms with van der Waals surface area (Å²) in [6, 6.07) is 30.0. The van der Waals surface area contributed by atoms with Crippen molar-refractivity contribution in [3.05, 3.63) is 99.6 Å². The van der Waals surface area contributed by atoms with E-state index in [0.717, 1.165) is 13.1 Å². The lowest BCUT2D eigenvalue weighted by molar-refractivity contribution is 0.799. The molecule has 22 heavy (non-hydrogen) atoms. The highest BCUT2D eigenvalue weighted by molar-refractivity contribution is 14.1. The molecule has 3 rings (SSSR count). The van der Waals surface area contributed by atoms with E-state index in [2.05, 4.69) is 112 Å². The maximum absolute atomic E-state index is 2.42. The van der Waals surface area contributed by atoms with E-state index in [9.17, 15) is 0 Å². The minimum Gasteiger partial charge on any atom is -0.363 e. The van der Waals surface area contributed by atoms with Gasteiger partial charge in [-0.15, -0.1) is 0 Å². The molecule has 1 nitrogen and oxygen atoms in total. The molecule has 0 aromatic heterocycles. The second-order valence-electron chi connectivity index (χ2n) is 5.31. The van der Waals surface area contributed by atoms with Gasteiger partial charge in [0.1, 0.15) is 0 Å². The molecule has 0 bridgehead atoms. The fourth-order valence-corrected chi connectivity index (χ4v) is 3.05. The summed E-state index contributed by atoms with van der Waals surface area (Å²) < 4.78 is 1.27. The second kappa shape index (κ2) is 7.45. The predicted molar refractivity (Wildman–Crippen MR) is 102 cm³/mol. The van der Waals surface area contributed by atoms with Gasteiger partial charge >= 0.3 is 0 Å². The highest BCUT2D eigenvalue weighted by Gasteiger charge is 2.08. The molecule has 2 heteroatoms. The van der Waals surface area contributed by atoms with E-state index < -0.39 is 0 Å². The normalized spacial score (nSPS) is 10.4. The van der Waals surface area contributed by atoms with Crippen molar-refractivity contribution in [2.75, 3.05) is 4.90 Å². The van der Waals surface area contributed by atoms with Gasteiger partial charge in [0.05, 0.1) is 0 Å². The van der Waals surface area contributed by atoms with Gasteiger partial charge in [-0.3, -0.25) is 0 Å². The number of benzene rings is 3. The summed E-state index contributed by atoms with van der Waals surface area (Å²) in [7, 11) is 0. The van der Waals surface area contributed by atoms with Gasteiger partial charge in [-0.1, -0.05) is 66.7 Å². The number of anilines is 1. The molecule has 0 saturated carbocycles. The molecule has 0 N–H and O–H groups in total. The van der Waals surface area contributed by atoms with Crippen LogP contribution in [0.2, 0.25) is 0 Å². The first-order valence-electron chi connectivity index (χ1n) is 7.39. The molecule has 0 radical (unpaired) electrons. The van der Waals surface area contributed by atoms with E-state index in [1.165, 1.54) is 20.4 Å². The molecule has 0 saturated heterocycles. The van der Waals surface area contributed by atoms with Crippen molar-refractivity contribution in [1.29, 1.82) is 0 Å². The highest BCUT2D eigenvalue weighted by atomic mass is 127. The Bertz CT molecular complexity index is 669. The highest BCUT2D eigenvalue weighted by Crippen LogP contribution is 2.22. The molecule has 0 amide bonds. The van der Waals surface area contributed by atoms with Gasteiger partial charge < -0.3 is 4.90 Å². The van der Waals surface area contributed by atoms with Gasteiger partial charge in [-0.2, -0.15) is 0 Å². The molecule has 0 aliphatic carbocycles. The molecule has 3 aromatic rings. The van der Waals surface area contributed by atoms with Gasteiger partial charge in [0.15, 0.2) is 0 Å². The summed E-state index contributed by atoms with van der Waals surface area (Å²) in [5.41, 5.74) is 3.93. The topological polar surface area (TPSA) is 3.24 Å². The summed E-state index contributed by atoms with van der Waals surface area (Å²) in [6.07, 6.45) is 0. The van der Waals surface area contributed by atoms with Gasteiger partial charge in [0.25, 0.3) is 0 Å². The Kier molecular flexibility index (Phi) is 5.11. The smallest absolute Gasteiger partial charge is 0.0433 e. The Hall–Kier alpha value is -1.81. The molecule has 0 aliphatic rings. The number of nitrogens with zero attached hydrogens (tertiary/aromatic N) is 1. The zero-order chi connectivity index (χ0) is 15.2.